The fourth-order valence-electron chi connectivity index (χ4n) is 9.90. The van der Waals surface area contributed by atoms with Gasteiger partial charge in [-0.25, -0.2) is 9.13 Å². The summed E-state index contributed by atoms with van der Waals surface area (Å²) in [5.74, 6) is 0.0866. The van der Waals surface area contributed by atoms with Gasteiger partial charge in [-0.2, -0.15) is 0 Å². The Morgan fingerprint density at radius 2 is 0.629 bits per heavy atom. The highest BCUT2D eigenvalue weighted by Crippen LogP contribution is 2.45. The Morgan fingerprint density at radius 3 is 0.944 bits per heavy atom. The van der Waals surface area contributed by atoms with Crippen molar-refractivity contribution in [2.24, 2.45) is 17.8 Å². The molecule has 0 amide bonds. The van der Waals surface area contributed by atoms with Crippen molar-refractivity contribution >= 4 is 39.5 Å². The number of phosphoric ester groups is 2. The minimum atomic E-state index is -4.96. The average molecular weight is 1310 g/mol. The van der Waals surface area contributed by atoms with E-state index < -0.39 is 97.5 Å². The van der Waals surface area contributed by atoms with Crippen molar-refractivity contribution in [3.63, 3.8) is 0 Å². The highest BCUT2D eigenvalue weighted by atomic mass is 31.2. The summed E-state index contributed by atoms with van der Waals surface area (Å²) in [6.07, 6.45) is 46.6. The molecule has 0 aliphatic rings. The molecular weight excluding hydrogens is 1170 g/mol. The lowest BCUT2D eigenvalue weighted by Gasteiger charge is -2.21. The van der Waals surface area contributed by atoms with Crippen LogP contribution in [-0.4, -0.2) is 96.7 Å². The molecule has 0 radical (unpaired) electrons. The maximum atomic E-state index is 13.0. The van der Waals surface area contributed by atoms with Crippen LogP contribution in [0.3, 0.4) is 0 Å². The zero-order chi connectivity index (χ0) is 65.9. The Labute approximate surface area is 542 Å². The maximum Gasteiger partial charge on any atom is 0.472 e. The molecule has 3 N–H and O–H groups in total. The van der Waals surface area contributed by atoms with Crippen molar-refractivity contribution in [3.8, 4) is 0 Å². The van der Waals surface area contributed by atoms with Crippen LogP contribution in [0.1, 0.15) is 325 Å². The number of phosphoric acid groups is 2. The number of hydrogen-bond acceptors (Lipinski definition) is 15. The van der Waals surface area contributed by atoms with E-state index in [1.54, 1.807) is 0 Å². The monoisotopic (exact) mass is 1310 g/mol. The van der Waals surface area contributed by atoms with Crippen molar-refractivity contribution in [1.29, 1.82) is 0 Å². The standard InChI is InChI=1S/C70H132O17P2/c1-8-12-13-14-15-16-17-18-19-20-21-25-28-37-44-51-67(72)80-57-65(86-69(74)53-46-39-29-26-23-22-24-27-34-41-48-61(5)9-2)59-84-88(76,77)82-55-64(71)56-83-89(78,79)85-60-66(87-70(75)54-47-40-33-31-36-43-50-63(7)11-4)58-81-68(73)52-45-38-32-30-35-42-49-62(6)10-3/h16-19,61-66,71H,8-15,20-60H2,1-7H3,(H,76,77)(H,78,79)/b17-16-,19-18-/t61?,62?,63?,64-,65-,66-/m1/s1. The number of carbonyl (C=O) groups is 4. The van der Waals surface area contributed by atoms with Gasteiger partial charge in [-0.05, 0) is 69.1 Å². The summed E-state index contributed by atoms with van der Waals surface area (Å²) in [6.45, 7) is 11.7. The summed E-state index contributed by atoms with van der Waals surface area (Å²) >= 11 is 0. The highest BCUT2D eigenvalue weighted by molar-refractivity contribution is 7.47. The Bertz CT molecular complexity index is 1850. The van der Waals surface area contributed by atoms with Gasteiger partial charge < -0.3 is 33.8 Å². The first-order valence-electron chi connectivity index (χ1n) is 35.8. The third kappa shape index (κ3) is 60.3. The number of unbranched alkanes of at least 4 members (excludes halogenated alkanes) is 28. The molecule has 0 heterocycles. The normalized spacial score (nSPS) is 15.3. The lowest BCUT2D eigenvalue weighted by atomic mass is 9.99. The second-order valence-corrected chi connectivity index (χ2v) is 28.2. The van der Waals surface area contributed by atoms with Crippen LogP contribution in [0.5, 0.6) is 0 Å². The van der Waals surface area contributed by atoms with Gasteiger partial charge in [-0.1, -0.05) is 272 Å². The zero-order valence-corrected chi connectivity index (χ0v) is 59.2. The number of ether oxygens (including phenoxy) is 4. The molecule has 0 fully saturated rings. The van der Waals surface area contributed by atoms with Crippen molar-refractivity contribution in [1.82, 2.24) is 0 Å². The van der Waals surface area contributed by atoms with E-state index in [4.69, 9.17) is 37.0 Å². The van der Waals surface area contributed by atoms with Gasteiger partial charge in [0.05, 0.1) is 26.4 Å². The lowest BCUT2D eigenvalue weighted by molar-refractivity contribution is -0.161. The number of esters is 4. The van der Waals surface area contributed by atoms with E-state index in [1.807, 2.05) is 0 Å². The fraction of sp³-hybridized carbons (Fsp3) is 0.886. The Morgan fingerprint density at radius 1 is 0.360 bits per heavy atom. The van der Waals surface area contributed by atoms with Crippen LogP contribution in [-0.2, 0) is 65.4 Å². The van der Waals surface area contributed by atoms with Gasteiger partial charge in [-0.15, -0.1) is 0 Å². The Hall–Kier alpha value is -2.46. The predicted molar refractivity (Wildman–Crippen MR) is 358 cm³/mol. The summed E-state index contributed by atoms with van der Waals surface area (Å²) in [4.78, 5) is 72.5. The van der Waals surface area contributed by atoms with Crippen LogP contribution in [0.15, 0.2) is 24.3 Å². The molecule has 0 aromatic rings. The highest BCUT2D eigenvalue weighted by Gasteiger charge is 2.30. The van der Waals surface area contributed by atoms with Gasteiger partial charge in [0, 0.05) is 25.7 Å². The minimum Gasteiger partial charge on any atom is -0.462 e. The van der Waals surface area contributed by atoms with E-state index in [1.165, 1.54) is 109 Å². The van der Waals surface area contributed by atoms with Gasteiger partial charge in [0.2, 0.25) is 0 Å². The van der Waals surface area contributed by atoms with Gasteiger partial charge in [0.15, 0.2) is 12.2 Å². The van der Waals surface area contributed by atoms with E-state index >= 15 is 0 Å². The first-order valence-corrected chi connectivity index (χ1v) is 38.8. The smallest absolute Gasteiger partial charge is 0.462 e. The summed E-state index contributed by atoms with van der Waals surface area (Å²) in [5.41, 5.74) is 0. The van der Waals surface area contributed by atoms with Gasteiger partial charge in [0.25, 0.3) is 0 Å². The van der Waals surface area contributed by atoms with E-state index in [9.17, 15) is 43.2 Å². The van der Waals surface area contributed by atoms with Crippen molar-refractivity contribution in [2.45, 2.75) is 343 Å². The minimum absolute atomic E-state index is 0.0987. The number of carbonyl (C=O) groups excluding carboxylic acids is 4. The fourth-order valence-corrected chi connectivity index (χ4v) is 11.5. The third-order valence-electron chi connectivity index (χ3n) is 16.6. The van der Waals surface area contributed by atoms with Crippen molar-refractivity contribution in [2.75, 3.05) is 39.6 Å². The molecule has 0 spiro atoms. The van der Waals surface area contributed by atoms with Crippen LogP contribution in [0.25, 0.3) is 0 Å². The quantitative estimate of drug-likeness (QED) is 0.0169. The molecule has 17 nitrogen and oxygen atoms in total. The number of rotatable bonds is 66. The first-order chi connectivity index (χ1) is 42.8. The van der Waals surface area contributed by atoms with Gasteiger partial charge in [-0.3, -0.25) is 37.3 Å². The molecule has 0 aliphatic heterocycles. The number of hydrogen-bond donors (Lipinski definition) is 3. The molecule has 0 bridgehead atoms. The predicted octanol–water partition coefficient (Wildman–Crippen LogP) is 19.4. The first kappa shape index (κ1) is 86.5. The van der Waals surface area contributed by atoms with E-state index in [2.05, 4.69) is 72.8 Å². The second kappa shape index (κ2) is 60.5. The Kier molecular flexibility index (Phi) is 58.8. The number of aliphatic hydroxyl groups excluding tert-OH is 1. The summed E-state index contributed by atoms with van der Waals surface area (Å²) in [5, 5.41) is 10.6. The van der Waals surface area contributed by atoms with Crippen molar-refractivity contribution < 1.29 is 80.2 Å². The second-order valence-electron chi connectivity index (χ2n) is 25.3. The van der Waals surface area contributed by atoms with Crippen LogP contribution in [0, 0.1) is 17.8 Å². The largest absolute Gasteiger partial charge is 0.472 e. The van der Waals surface area contributed by atoms with E-state index in [0.29, 0.717) is 25.7 Å². The topological polar surface area (TPSA) is 237 Å². The van der Waals surface area contributed by atoms with E-state index in [-0.39, 0.29) is 25.7 Å². The molecule has 0 saturated carbocycles. The van der Waals surface area contributed by atoms with Gasteiger partial charge in [0.1, 0.15) is 19.3 Å². The van der Waals surface area contributed by atoms with Crippen LogP contribution < -0.4 is 0 Å². The summed E-state index contributed by atoms with van der Waals surface area (Å²) < 4.78 is 68.2. The van der Waals surface area contributed by atoms with Crippen LogP contribution in [0.2, 0.25) is 0 Å². The third-order valence-corrected chi connectivity index (χ3v) is 18.5. The molecule has 89 heavy (non-hydrogen) atoms. The summed E-state index contributed by atoms with van der Waals surface area (Å²) in [7, 11) is -9.91. The van der Waals surface area contributed by atoms with E-state index in [0.717, 1.165) is 133 Å². The number of allylic oxidation sites excluding steroid dienone is 4. The maximum absolute atomic E-state index is 13.0. The molecular formula is C70H132O17P2. The molecule has 0 saturated heterocycles. The molecule has 0 aromatic carbocycles. The summed E-state index contributed by atoms with van der Waals surface area (Å²) in [6, 6.07) is 0. The van der Waals surface area contributed by atoms with Crippen LogP contribution in [0.4, 0.5) is 0 Å². The SMILES string of the molecule is CCCCCC/C=C\C=C/CCCCCCCC(=O)OC[C@H](COP(=O)(O)OC[C@@H](O)COP(=O)(O)OC[C@@H](COC(=O)CCCCCCCCC(C)CC)OC(=O)CCCCCCCCC(C)CC)OC(=O)CCCCCCCCCCCCC(C)CC. The van der Waals surface area contributed by atoms with Crippen LogP contribution >= 0.6 is 15.6 Å². The number of aliphatic hydroxyl groups is 1. The molecule has 0 aromatic heterocycles. The lowest BCUT2D eigenvalue weighted by Crippen LogP contribution is -2.30. The molecule has 19 heteroatoms. The molecule has 524 valence electrons. The molecule has 0 rings (SSSR count). The molecule has 8 atom stereocenters. The Balaban J connectivity index is 5.30. The zero-order valence-electron chi connectivity index (χ0n) is 57.4. The van der Waals surface area contributed by atoms with Crippen molar-refractivity contribution in [3.05, 3.63) is 24.3 Å². The molecule has 0 aliphatic carbocycles. The van der Waals surface area contributed by atoms with Gasteiger partial charge >= 0.3 is 39.5 Å². The average Bonchev–Trinajstić information content (AvgIpc) is 3.64. The molecule has 5 unspecified atom stereocenters.